The van der Waals surface area contributed by atoms with E-state index >= 15 is 0 Å². The van der Waals surface area contributed by atoms with Gasteiger partial charge in [-0.1, -0.05) is 25.5 Å². The summed E-state index contributed by atoms with van der Waals surface area (Å²) in [4.78, 5) is 8.24. The standard InChI is InChI=1S/C17H17N3/c1-2-3-6-12-8-9-14-13(11-12)16-17(18-14)20-10-5-4-7-15(20)19-16/h4-5,7-11,18H,2-3,6H2,1H3. The van der Waals surface area contributed by atoms with Crippen molar-refractivity contribution in [1.29, 1.82) is 0 Å². The third kappa shape index (κ3) is 1.63. The summed E-state index contributed by atoms with van der Waals surface area (Å²) in [5, 5.41) is 1.23. The van der Waals surface area contributed by atoms with Crippen LogP contribution >= 0.6 is 0 Å². The molecule has 0 saturated heterocycles. The van der Waals surface area contributed by atoms with Crippen molar-refractivity contribution in [3.63, 3.8) is 0 Å². The molecular formula is C17H17N3. The molecule has 0 aliphatic heterocycles. The zero-order valence-electron chi connectivity index (χ0n) is 11.6. The number of H-pyrrole nitrogens is 1. The maximum Gasteiger partial charge on any atom is 0.143 e. The third-order valence-corrected chi connectivity index (χ3v) is 3.94. The molecule has 4 aromatic rings. The molecule has 0 bridgehead atoms. The Kier molecular flexibility index (Phi) is 2.52. The van der Waals surface area contributed by atoms with Crippen LogP contribution in [0.5, 0.6) is 0 Å². The number of fused-ring (bicyclic) bond motifs is 5. The van der Waals surface area contributed by atoms with Crippen LogP contribution in [0.1, 0.15) is 25.3 Å². The quantitative estimate of drug-likeness (QED) is 0.587. The lowest BCUT2D eigenvalue weighted by atomic mass is 10.1. The summed E-state index contributed by atoms with van der Waals surface area (Å²) in [5.74, 6) is 0. The molecule has 3 heterocycles. The van der Waals surface area contributed by atoms with Gasteiger partial charge in [0.25, 0.3) is 0 Å². The van der Waals surface area contributed by atoms with Crippen LogP contribution in [0.25, 0.3) is 27.7 Å². The normalized spacial score (nSPS) is 11.8. The van der Waals surface area contributed by atoms with Gasteiger partial charge in [-0.15, -0.1) is 0 Å². The van der Waals surface area contributed by atoms with Crippen molar-refractivity contribution >= 4 is 27.7 Å². The molecule has 0 amide bonds. The van der Waals surface area contributed by atoms with E-state index < -0.39 is 0 Å². The van der Waals surface area contributed by atoms with Crippen LogP contribution in [-0.2, 0) is 6.42 Å². The van der Waals surface area contributed by atoms with Crippen molar-refractivity contribution in [2.45, 2.75) is 26.2 Å². The summed E-state index contributed by atoms with van der Waals surface area (Å²) in [7, 11) is 0. The van der Waals surface area contributed by atoms with Crippen LogP contribution in [-0.4, -0.2) is 14.4 Å². The van der Waals surface area contributed by atoms with E-state index in [4.69, 9.17) is 4.98 Å². The minimum absolute atomic E-state index is 0.995. The number of hydrogen-bond acceptors (Lipinski definition) is 1. The first-order valence-electron chi connectivity index (χ1n) is 7.24. The summed E-state index contributed by atoms with van der Waals surface area (Å²) in [6.45, 7) is 2.23. The number of aromatic nitrogens is 3. The van der Waals surface area contributed by atoms with Crippen LogP contribution in [0.3, 0.4) is 0 Å². The molecule has 100 valence electrons. The van der Waals surface area contributed by atoms with Gasteiger partial charge in [0.2, 0.25) is 0 Å². The van der Waals surface area contributed by atoms with Crippen LogP contribution in [0, 0.1) is 0 Å². The number of nitrogens with one attached hydrogen (secondary N) is 1. The van der Waals surface area contributed by atoms with Crippen molar-refractivity contribution in [3.05, 3.63) is 48.2 Å². The van der Waals surface area contributed by atoms with Gasteiger partial charge in [-0.25, -0.2) is 4.98 Å². The average molecular weight is 263 g/mol. The second kappa shape index (κ2) is 4.37. The van der Waals surface area contributed by atoms with Gasteiger partial charge >= 0.3 is 0 Å². The molecule has 0 spiro atoms. The number of hydrogen-bond donors (Lipinski definition) is 1. The Labute approximate surface area is 117 Å². The average Bonchev–Trinajstić information content (AvgIpc) is 3.01. The molecule has 20 heavy (non-hydrogen) atoms. The highest BCUT2D eigenvalue weighted by molar-refractivity contribution is 6.05. The monoisotopic (exact) mass is 263 g/mol. The molecular weight excluding hydrogens is 246 g/mol. The Morgan fingerprint density at radius 2 is 2.15 bits per heavy atom. The lowest BCUT2D eigenvalue weighted by Gasteiger charge is -1.99. The predicted octanol–water partition coefficient (Wildman–Crippen LogP) is 4.31. The van der Waals surface area contributed by atoms with E-state index in [2.05, 4.69) is 40.7 Å². The molecule has 1 aromatic carbocycles. The molecule has 3 heteroatoms. The number of unbranched alkanes of at least 4 members (excludes halogenated alkanes) is 1. The van der Waals surface area contributed by atoms with Gasteiger partial charge in [0.1, 0.15) is 16.8 Å². The van der Waals surface area contributed by atoms with Gasteiger partial charge in [-0.05, 0) is 42.7 Å². The third-order valence-electron chi connectivity index (χ3n) is 3.94. The van der Waals surface area contributed by atoms with Gasteiger partial charge in [0.15, 0.2) is 0 Å². The number of rotatable bonds is 3. The Morgan fingerprint density at radius 1 is 1.20 bits per heavy atom. The van der Waals surface area contributed by atoms with Crippen molar-refractivity contribution in [3.8, 4) is 0 Å². The van der Waals surface area contributed by atoms with Gasteiger partial charge < -0.3 is 4.98 Å². The fourth-order valence-electron chi connectivity index (χ4n) is 2.86. The number of aromatic amines is 1. The van der Waals surface area contributed by atoms with Crippen LogP contribution < -0.4 is 0 Å². The zero-order valence-corrected chi connectivity index (χ0v) is 11.6. The Morgan fingerprint density at radius 3 is 3.05 bits per heavy atom. The molecule has 0 unspecified atom stereocenters. The van der Waals surface area contributed by atoms with Gasteiger partial charge in [-0.2, -0.15) is 0 Å². The lowest BCUT2D eigenvalue weighted by molar-refractivity contribution is 0.796. The van der Waals surface area contributed by atoms with Crippen LogP contribution in [0.15, 0.2) is 42.6 Å². The highest BCUT2D eigenvalue weighted by atomic mass is 15.1. The van der Waals surface area contributed by atoms with Crippen molar-refractivity contribution in [2.75, 3.05) is 0 Å². The highest BCUT2D eigenvalue weighted by Gasteiger charge is 2.11. The van der Waals surface area contributed by atoms with Crippen molar-refractivity contribution in [2.24, 2.45) is 0 Å². The number of benzene rings is 1. The Hall–Kier alpha value is -2.29. The molecule has 0 atom stereocenters. The fraction of sp³-hybridized carbons (Fsp3) is 0.235. The van der Waals surface area contributed by atoms with E-state index in [-0.39, 0.29) is 0 Å². The molecule has 0 saturated carbocycles. The van der Waals surface area contributed by atoms with E-state index in [9.17, 15) is 0 Å². The van der Waals surface area contributed by atoms with Crippen molar-refractivity contribution < 1.29 is 0 Å². The number of aryl methyl sites for hydroxylation is 1. The topological polar surface area (TPSA) is 33.1 Å². The van der Waals surface area contributed by atoms with E-state index in [0.29, 0.717) is 0 Å². The first-order valence-corrected chi connectivity index (χ1v) is 7.24. The molecule has 0 aliphatic carbocycles. The molecule has 0 aliphatic rings. The summed E-state index contributed by atoms with van der Waals surface area (Å²) >= 11 is 0. The van der Waals surface area contributed by atoms with Crippen molar-refractivity contribution in [1.82, 2.24) is 14.4 Å². The zero-order chi connectivity index (χ0) is 13.5. The summed E-state index contributed by atoms with van der Waals surface area (Å²) < 4.78 is 2.11. The minimum atomic E-state index is 0.995. The summed E-state index contributed by atoms with van der Waals surface area (Å²) in [6.07, 6.45) is 5.67. The Bertz CT molecular complexity index is 898. The van der Waals surface area contributed by atoms with Gasteiger partial charge in [0.05, 0.1) is 0 Å². The minimum Gasteiger partial charge on any atom is -0.339 e. The first kappa shape index (κ1) is 11.5. The molecule has 1 N–H and O–H groups in total. The second-order valence-corrected chi connectivity index (χ2v) is 5.35. The second-order valence-electron chi connectivity index (χ2n) is 5.35. The SMILES string of the molecule is CCCCc1ccc2[nH]c3c(nc4ccccn43)c2c1. The molecule has 0 fully saturated rings. The summed E-state index contributed by atoms with van der Waals surface area (Å²) in [5.41, 5.74) is 5.72. The number of pyridine rings is 1. The molecule has 0 radical (unpaired) electrons. The smallest absolute Gasteiger partial charge is 0.143 e. The molecule has 3 nitrogen and oxygen atoms in total. The summed E-state index contributed by atoms with van der Waals surface area (Å²) in [6, 6.07) is 12.8. The maximum absolute atomic E-state index is 4.76. The number of nitrogens with zero attached hydrogens (tertiary/aromatic N) is 2. The molecule has 4 rings (SSSR count). The largest absolute Gasteiger partial charge is 0.339 e. The van der Waals surface area contributed by atoms with E-state index in [1.165, 1.54) is 29.3 Å². The van der Waals surface area contributed by atoms with E-state index in [1.54, 1.807) is 0 Å². The lowest BCUT2D eigenvalue weighted by Crippen LogP contribution is -1.85. The first-order chi connectivity index (χ1) is 9.86. The van der Waals surface area contributed by atoms with Gasteiger partial charge in [-0.3, -0.25) is 4.40 Å². The van der Waals surface area contributed by atoms with E-state index in [0.717, 1.165) is 23.2 Å². The molecule has 3 aromatic heterocycles. The number of imidazole rings is 1. The maximum atomic E-state index is 4.76. The fourth-order valence-corrected chi connectivity index (χ4v) is 2.86. The van der Waals surface area contributed by atoms with Crippen LogP contribution in [0.2, 0.25) is 0 Å². The highest BCUT2D eigenvalue weighted by Crippen LogP contribution is 2.27. The van der Waals surface area contributed by atoms with E-state index in [1.807, 2.05) is 18.2 Å². The Balaban J connectivity index is 1.98. The van der Waals surface area contributed by atoms with Crippen LogP contribution in [0.4, 0.5) is 0 Å². The predicted molar refractivity (Wildman–Crippen MR) is 83.2 cm³/mol. The van der Waals surface area contributed by atoms with Gasteiger partial charge in [0, 0.05) is 17.1 Å².